The molecule has 0 fully saturated rings. The molecule has 0 saturated heterocycles. The quantitative estimate of drug-likeness (QED) is 0.745. The summed E-state index contributed by atoms with van der Waals surface area (Å²) in [6, 6.07) is 11.4. The Labute approximate surface area is 133 Å². The predicted octanol–water partition coefficient (Wildman–Crippen LogP) is 3.48. The lowest BCUT2D eigenvalue weighted by Gasteiger charge is -2.07. The summed E-state index contributed by atoms with van der Waals surface area (Å²) in [7, 11) is 0. The van der Waals surface area contributed by atoms with Gasteiger partial charge in [-0.15, -0.1) is 0 Å². The van der Waals surface area contributed by atoms with Crippen molar-refractivity contribution in [3.8, 4) is 5.75 Å². The van der Waals surface area contributed by atoms with E-state index in [9.17, 15) is 9.18 Å². The normalized spacial score (nSPS) is 10.6. The number of benzene rings is 2. The van der Waals surface area contributed by atoms with Crippen LogP contribution in [-0.4, -0.2) is 22.5 Å². The molecule has 0 saturated carbocycles. The van der Waals surface area contributed by atoms with Crippen LogP contribution in [0, 0.1) is 5.82 Å². The molecule has 2 N–H and O–H groups in total. The van der Waals surface area contributed by atoms with Crippen molar-refractivity contribution >= 4 is 38.8 Å². The number of nitrogens with one attached hydrogen (secondary N) is 2. The van der Waals surface area contributed by atoms with Gasteiger partial charge >= 0.3 is 0 Å². The van der Waals surface area contributed by atoms with E-state index < -0.39 is 0 Å². The molecule has 3 aromatic rings. The number of rotatable bonds is 4. The molecule has 0 radical (unpaired) electrons. The van der Waals surface area contributed by atoms with E-state index in [1.807, 2.05) is 24.3 Å². The molecule has 0 aliphatic rings. The third-order valence-electron chi connectivity index (χ3n) is 2.90. The van der Waals surface area contributed by atoms with Gasteiger partial charge in [0.2, 0.25) is 5.95 Å². The molecule has 22 heavy (non-hydrogen) atoms. The van der Waals surface area contributed by atoms with Crippen molar-refractivity contribution in [1.82, 2.24) is 9.97 Å². The van der Waals surface area contributed by atoms with E-state index in [-0.39, 0.29) is 18.3 Å². The molecule has 2 aromatic carbocycles. The maximum absolute atomic E-state index is 13.0. The average Bonchev–Trinajstić information content (AvgIpc) is 2.88. The Morgan fingerprint density at radius 3 is 2.91 bits per heavy atom. The van der Waals surface area contributed by atoms with Gasteiger partial charge in [0.05, 0.1) is 15.5 Å². The second-order valence-electron chi connectivity index (χ2n) is 4.51. The van der Waals surface area contributed by atoms with E-state index in [4.69, 9.17) is 4.74 Å². The monoisotopic (exact) mass is 363 g/mol. The number of carbonyl (C=O) groups excluding carboxylic acids is 1. The van der Waals surface area contributed by atoms with Crippen molar-refractivity contribution in [3.05, 3.63) is 52.8 Å². The van der Waals surface area contributed by atoms with Crippen LogP contribution >= 0.6 is 15.9 Å². The minimum Gasteiger partial charge on any atom is -0.483 e. The standard InChI is InChI=1S/C15H11BrFN3O2/c16-10-7-9(17)5-6-13(10)22-8-14(21)20-15-18-11-3-1-2-4-12(11)19-15/h1-7H,8H2,(H2,18,19,20,21). The lowest BCUT2D eigenvalue weighted by molar-refractivity contribution is -0.118. The Bertz CT molecular complexity index is 802. The van der Waals surface area contributed by atoms with Crippen molar-refractivity contribution in [1.29, 1.82) is 0 Å². The van der Waals surface area contributed by atoms with E-state index in [1.165, 1.54) is 18.2 Å². The molecule has 1 aromatic heterocycles. The molecule has 3 rings (SSSR count). The second kappa shape index (κ2) is 6.15. The molecule has 112 valence electrons. The molecular formula is C15H11BrFN3O2. The molecular weight excluding hydrogens is 353 g/mol. The number of H-pyrrole nitrogens is 1. The molecule has 0 spiro atoms. The number of carbonyl (C=O) groups is 1. The zero-order valence-electron chi connectivity index (χ0n) is 11.3. The van der Waals surface area contributed by atoms with Crippen molar-refractivity contribution in [3.63, 3.8) is 0 Å². The van der Waals surface area contributed by atoms with Crippen LogP contribution in [0.4, 0.5) is 10.3 Å². The lowest BCUT2D eigenvalue weighted by atomic mass is 10.3. The lowest BCUT2D eigenvalue weighted by Crippen LogP contribution is -2.20. The minimum atomic E-state index is -0.383. The maximum Gasteiger partial charge on any atom is 0.264 e. The van der Waals surface area contributed by atoms with Crippen molar-refractivity contribution < 1.29 is 13.9 Å². The highest BCUT2D eigenvalue weighted by atomic mass is 79.9. The van der Waals surface area contributed by atoms with E-state index in [0.717, 1.165) is 11.0 Å². The molecule has 0 bridgehead atoms. The molecule has 5 nitrogen and oxygen atoms in total. The van der Waals surface area contributed by atoms with Crippen LogP contribution in [-0.2, 0) is 4.79 Å². The molecule has 0 unspecified atom stereocenters. The first-order valence-corrected chi connectivity index (χ1v) is 7.23. The van der Waals surface area contributed by atoms with Gasteiger partial charge in [-0.05, 0) is 46.3 Å². The molecule has 1 heterocycles. The number of fused-ring (bicyclic) bond motifs is 1. The number of imidazole rings is 1. The van der Waals surface area contributed by atoms with Gasteiger partial charge in [0, 0.05) is 0 Å². The first kappa shape index (κ1) is 14.5. The smallest absolute Gasteiger partial charge is 0.264 e. The fourth-order valence-corrected chi connectivity index (χ4v) is 2.38. The number of aromatic nitrogens is 2. The van der Waals surface area contributed by atoms with Gasteiger partial charge in [0.25, 0.3) is 5.91 Å². The molecule has 0 atom stereocenters. The summed E-state index contributed by atoms with van der Waals surface area (Å²) in [4.78, 5) is 19.1. The van der Waals surface area contributed by atoms with Gasteiger partial charge in [-0.2, -0.15) is 0 Å². The number of para-hydroxylation sites is 2. The highest BCUT2D eigenvalue weighted by Gasteiger charge is 2.09. The highest BCUT2D eigenvalue weighted by Crippen LogP contribution is 2.25. The summed E-state index contributed by atoms with van der Waals surface area (Å²) in [6.07, 6.45) is 0. The third-order valence-corrected chi connectivity index (χ3v) is 3.52. The average molecular weight is 364 g/mol. The highest BCUT2D eigenvalue weighted by molar-refractivity contribution is 9.10. The maximum atomic E-state index is 13.0. The van der Waals surface area contributed by atoms with Gasteiger partial charge in [0.1, 0.15) is 11.6 Å². The number of hydrogen-bond acceptors (Lipinski definition) is 3. The molecule has 1 amide bonds. The van der Waals surface area contributed by atoms with Gasteiger partial charge in [0.15, 0.2) is 6.61 Å². The van der Waals surface area contributed by atoms with Crippen LogP contribution in [0.3, 0.4) is 0 Å². The number of nitrogens with zero attached hydrogens (tertiary/aromatic N) is 1. The summed E-state index contributed by atoms with van der Waals surface area (Å²) in [5.74, 6) is -0.00430. The van der Waals surface area contributed by atoms with Gasteiger partial charge in [-0.3, -0.25) is 10.1 Å². The largest absolute Gasteiger partial charge is 0.483 e. The predicted molar refractivity (Wildman–Crippen MR) is 84.3 cm³/mol. The molecule has 0 aliphatic carbocycles. The van der Waals surface area contributed by atoms with Crippen LogP contribution in [0.25, 0.3) is 11.0 Å². The van der Waals surface area contributed by atoms with Crippen LogP contribution in [0.5, 0.6) is 5.75 Å². The molecule has 7 heteroatoms. The van der Waals surface area contributed by atoms with Crippen LogP contribution in [0.1, 0.15) is 0 Å². The number of aromatic amines is 1. The van der Waals surface area contributed by atoms with Crippen LogP contribution < -0.4 is 10.1 Å². The van der Waals surface area contributed by atoms with E-state index in [2.05, 4.69) is 31.2 Å². The zero-order chi connectivity index (χ0) is 15.5. The summed E-state index contributed by atoms with van der Waals surface area (Å²) in [6.45, 7) is -0.207. The Hall–Kier alpha value is -2.41. The van der Waals surface area contributed by atoms with Crippen molar-refractivity contribution in [2.45, 2.75) is 0 Å². The van der Waals surface area contributed by atoms with Crippen molar-refractivity contribution in [2.24, 2.45) is 0 Å². The third kappa shape index (κ3) is 3.25. The Kier molecular flexibility index (Phi) is 4.06. The number of hydrogen-bond donors (Lipinski definition) is 2. The zero-order valence-corrected chi connectivity index (χ0v) is 12.9. The van der Waals surface area contributed by atoms with Gasteiger partial charge in [-0.25, -0.2) is 9.37 Å². The van der Waals surface area contributed by atoms with E-state index in [0.29, 0.717) is 16.2 Å². The fourth-order valence-electron chi connectivity index (χ4n) is 1.92. The Morgan fingerprint density at radius 2 is 2.14 bits per heavy atom. The van der Waals surface area contributed by atoms with E-state index >= 15 is 0 Å². The Morgan fingerprint density at radius 1 is 1.32 bits per heavy atom. The van der Waals surface area contributed by atoms with Crippen LogP contribution in [0.2, 0.25) is 0 Å². The summed E-state index contributed by atoms with van der Waals surface area (Å²) in [5, 5.41) is 2.61. The second-order valence-corrected chi connectivity index (χ2v) is 5.37. The molecule has 0 aliphatic heterocycles. The van der Waals surface area contributed by atoms with Crippen molar-refractivity contribution in [2.75, 3.05) is 11.9 Å². The number of anilines is 1. The van der Waals surface area contributed by atoms with Crippen LogP contribution in [0.15, 0.2) is 46.9 Å². The van der Waals surface area contributed by atoms with E-state index in [1.54, 1.807) is 0 Å². The number of amides is 1. The summed E-state index contributed by atoms with van der Waals surface area (Å²) < 4.78 is 18.7. The SMILES string of the molecule is O=C(COc1ccc(F)cc1Br)Nc1nc2ccccc2[nH]1. The first-order valence-electron chi connectivity index (χ1n) is 6.44. The number of halogens is 2. The topological polar surface area (TPSA) is 67.0 Å². The van der Waals surface area contributed by atoms with Gasteiger partial charge in [-0.1, -0.05) is 12.1 Å². The summed E-state index contributed by atoms with van der Waals surface area (Å²) >= 11 is 3.17. The summed E-state index contributed by atoms with van der Waals surface area (Å²) in [5.41, 5.74) is 1.60. The number of ether oxygens (including phenoxy) is 1. The fraction of sp³-hybridized carbons (Fsp3) is 0.0667. The minimum absolute atomic E-state index is 0.207. The first-order chi connectivity index (χ1) is 10.6. The Balaban J connectivity index is 1.62. The van der Waals surface area contributed by atoms with Gasteiger partial charge < -0.3 is 9.72 Å².